The van der Waals surface area contributed by atoms with Crippen LogP contribution in [0.1, 0.15) is 18.4 Å². The van der Waals surface area contributed by atoms with E-state index in [1.807, 2.05) is 24.3 Å². The van der Waals surface area contributed by atoms with Gasteiger partial charge in [0.25, 0.3) is 0 Å². The van der Waals surface area contributed by atoms with Crippen molar-refractivity contribution in [3.63, 3.8) is 0 Å². The first-order valence-corrected chi connectivity index (χ1v) is 10.1. The van der Waals surface area contributed by atoms with Gasteiger partial charge in [-0.05, 0) is 55.7 Å². The minimum Gasteiger partial charge on any atom is -0.495 e. The van der Waals surface area contributed by atoms with Crippen molar-refractivity contribution in [1.29, 1.82) is 0 Å². The molecule has 0 aliphatic carbocycles. The first-order valence-electron chi connectivity index (χ1n) is 8.57. The number of nitrogens with one attached hydrogen (secondary N) is 1. The molecule has 1 heterocycles. The summed E-state index contributed by atoms with van der Waals surface area (Å²) in [6, 6.07) is 11.2. The molecule has 5 nitrogen and oxygen atoms in total. The van der Waals surface area contributed by atoms with Gasteiger partial charge in [0, 0.05) is 19.1 Å². The van der Waals surface area contributed by atoms with E-state index in [-0.39, 0.29) is 10.9 Å². The third-order valence-corrected chi connectivity index (χ3v) is 6.28. The number of rotatable bonds is 5. The number of hydrogen-bond acceptors (Lipinski definition) is 4. The summed E-state index contributed by atoms with van der Waals surface area (Å²) >= 11 is 0. The summed E-state index contributed by atoms with van der Waals surface area (Å²) in [4.78, 5) is 2.25. The first-order chi connectivity index (χ1) is 12.4. The van der Waals surface area contributed by atoms with E-state index in [0.717, 1.165) is 30.8 Å². The number of methoxy groups -OCH3 is 1. The lowest BCUT2D eigenvalue weighted by molar-refractivity contribution is 0.409. The van der Waals surface area contributed by atoms with Crippen LogP contribution in [0.15, 0.2) is 47.4 Å². The summed E-state index contributed by atoms with van der Waals surface area (Å²) in [5.41, 5.74) is 1.35. The predicted molar refractivity (Wildman–Crippen MR) is 99.7 cm³/mol. The average Bonchev–Trinajstić information content (AvgIpc) is 2.61. The predicted octanol–water partition coefficient (Wildman–Crippen LogP) is 3.09. The number of halogens is 1. The lowest BCUT2D eigenvalue weighted by Gasteiger charge is -2.35. The van der Waals surface area contributed by atoms with Crippen LogP contribution in [-0.2, 0) is 10.0 Å². The molecule has 2 aromatic carbocycles. The molecule has 2 aromatic rings. The van der Waals surface area contributed by atoms with Gasteiger partial charge in [0.05, 0.1) is 17.7 Å². The van der Waals surface area contributed by atoms with Crippen LogP contribution >= 0.6 is 0 Å². The molecule has 7 heteroatoms. The van der Waals surface area contributed by atoms with Crippen LogP contribution < -0.4 is 14.4 Å². The van der Waals surface area contributed by atoms with Gasteiger partial charge in [0.1, 0.15) is 11.6 Å². The van der Waals surface area contributed by atoms with E-state index < -0.39 is 15.8 Å². The van der Waals surface area contributed by atoms with Crippen LogP contribution in [0.4, 0.5) is 10.1 Å². The molecule has 26 heavy (non-hydrogen) atoms. The van der Waals surface area contributed by atoms with Gasteiger partial charge in [0.15, 0.2) is 0 Å². The van der Waals surface area contributed by atoms with Crippen LogP contribution in [0.3, 0.4) is 0 Å². The smallest absolute Gasteiger partial charge is 0.241 e. The second kappa shape index (κ2) is 7.63. The lowest BCUT2D eigenvalue weighted by atomic mass is 10.1. The Balaban J connectivity index is 1.78. The number of nitrogens with zero attached hydrogens (tertiary/aromatic N) is 1. The zero-order chi connectivity index (χ0) is 18.7. The summed E-state index contributed by atoms with van der Waals surface area (Å²) in [6.07, 6.45) is 1.62. The van der Waals surface area contributed by atoms with Crippen LogP contribution in [-0.4, -0.2) is 34.7 Å². The van der Waals surface area contributed by atoms with Crippen molar-refractivity contribution in [2.24, 2.45) is 0 Å². The van der Waals surface area contributed by atoms with Gasteiger partial charge in [-0.1, -0.05) is 12.1 Å². The number of ether oxygens (including phenoxy) is 1. The SMILES string of the molecule is COc1ccccc1N1CCCC(NS(=O)(=O)c2ccc(F)cc2C)C1. The van der Waals surface area contributed by atoms with Crippen molar-refractivity contribution in [3.05, 3.63) is 53.8 Å². The van der Waals surface area contributed by atoms with Crippen molar-refractivity contribution >= 4 is 15.7 Å². The Bertz CT molecular complexity index is 886. The second-order valence-electron chi connectivity index (χ2n) is 6.49. The minimum absolute atomic E-state index is 0.119. The van der Waals surface area contributed by atoms with E-state index in [1.165, 1.54) is 18.2 Å². The van der Waals surface area contributed by atoms with Gasteiger partial charge in [-0.2, -0.15) is 0 Å². The molecule has 1 atom stereocenters. The summed E-state index contributed by atoms with van der Waals surface area (Å²) < 4.78 is 46.9. The molecule has 0 spiro atoms. The van der Waals surface area contributed by atoms with E-state index in [2.05, 4.69) is 9.62 Å². The van der Waals surface area contributed by atoms with Gasteiger partial charge >= 0.3 is 0 Å². The maximum absolute atomic E-state index is 13.3. The van der Waals surface area contributed by atoms with Gasteiger partial charge < -0.3 is 9.64 Å². The Labute approximate surface area is 153 Å². The topological polar surface area (TPSA) is 58.6 Å². The number of aryl methyl sites for hydroxylation is 1. The number of benzene rings is 2. The largest absolute Gasteiger partial charge is 0.495 e. The molecule has 0 bridgehead atoms. The monoisotopic (exact) mass is 378 g/mol. The van der Waals surface area contributed by atoms with Crippen LogP contribution in [0.2, 0.25) is 0 Å². The van der Waals surface area contributed by atoms with Gasteiger partial charge in [0.2, 0.25) is 10.0 Å². The van der Waals surface area contributed by atoms with E-state index in [4.69, 9.17) is 4.74 Å². The van der Waals surface area contributed by atoms with Crippen molar-refractivity contribution in [3.8, 4) is 5.75 Å². The zero-order valence-corrected chi connectivity index (χ0v) is 15.7. The normalized spacial score (nSPS) is 18.0. The number of sulfonamides is 1. The number of hydrogen-bond donors (Lipinski definition) is 1. The highest BCUT2D eigenvalue weighted by atomic mass is 32.2. The molecule has 1 aliphatic rings. The van der Waals surface area contributed by atoms with Crippen LogP contribution in [0.25, 0.3) is 0 Å². The average molecular weight is 378 g/mol. The third-order valence-electron chi connectivity index (χ3n) is 4.60. The van der Waals surface area contributed by atoms with Gasteiger partial charge in [-0.3, -0.25) is 0 Å². The maximum Gasteiger partial charge on any atom is 0.241 e. The maximum atomic E-state index is 13.3. The third kappa shape index (κ3) is 3.99. The second-order valence-corrected chi connectivity index (χ2v) is 8.17. The van der Waals surface area contributed by atoms with Gasteiger partial charge in [-0.25, -0.2) is 17.5 Å². The quantitative estimate of drug-likeness (QED) is 0.869. The summed E-state index contributed by atoms with van der Waals surface area (Å²) in [5.74, 6) is 0.326. The summed E-state index contributed by atoms with van der Waals surface area (Å²) in [5, 5.41) is 0. The highest BCUT2D eigenvalue weighted by molar-refractivity contribution is 7.89. The van der Waals surface area contributed by atoms with Crippen molar-refractivity contribution < 1.29 is 17.5 Å². The van der Waals surface area contributed by atoms with Crippen molar-refractivity contribution in [2.45, 2.75) is 30.7 Å². The number of anilines is 1. The molecule has 1 fully saturated rings. The highest BCUT2D eigenvalue weighted by Gasteiger charge is 2.27. The Kier molecular flexibility index (Phi) is 5.48. The molecule has 1 saturated heterocycles. The molecule has 1 aliphatic heterocycles. The molecule has 0 amide bonds. The molecule has 0 saturated carbocycles. The Hall–Kier alpha value is -2.12. The molecular weight excluding hydrogens is 355 g/mol. The fraction of sp³-hybridized carbons (Fsp3) is 0.368. The fourth-order valence-electron chi connectivity index (χ4n) is 3.38. The Morgan fingerprint density at radius 3 is 2.73 bits per heavy atom. The number of piperidine rings is 1. The van der Waals surface area contributed by atoms with E-state index in [1.54, 1.807) is 14.0 Å². The Morgan fingerprint density at radius 1 is 1.23 bits per heavy atom. The van der Waals surface area contributed by atoms with Crippen molar-refractivity contribution in [2.75, 3.05) is 25.1 Å². The van der Waals surface area contributed by atoms with E-state index in [9.17, 15) is 12.8 Å². The molecule has 140 valence electrons. The standard InChI is InChI=1S/C19H23FN2O3S/c1-14-12-15(20)9-10-19(14)26(23,24)21-16-6-5-11-22(13-16)17-7-3-4-8-18(17)25-2/h3-4,7-10,12,16,21H,5-6,11,13H2,1-2H3. The molecular formula is C19H23FN2O3S. The molecule has 0 radical (unpaired) electrons. The molecule has 1 unspecified atom stereocenters. The number of para-hydroxylation sites is 2. The Morgan fingerprint density at radius 2 is 2.00 bits per heavy atom. The summed E-state index contributed by atoms with van der Waals surface area (Å²) in [7, 11) is -2.08. The molecule has 3 rings (SSSR count). The minimum atomic E-state index is -3.70. The van der Waals surface area contributed by atoms with Crippen LogP contribution in [0, 0.1) is 12.7 Å². The summed E-state index contributed by atoms with van der Waals surface area (Å²) in [6.45, 7) is 2.99. The van der Waals surface area contributed by atoms with Gasteiger partial charge in [-0.15, -0.1) is 0 Å². The highest BCUT2D eigenvalue weighted by Crippen LogP contribution is 2.30. The molecule has 1 N–H and O–H groups in total. The van der Waals surface area contributed by atoms with Crippen LogP contribution in [0.5, 0.6) is 5.75 Å². The zero-order valence-electron chi connectivity index (χ0n) is 14.9. The van der Waals surface area contributed by atoms with E-state index in [0.29, 0.717) is 12.1 Å². The van der Waals surface area contributed by atoms with E-state index >= 15 is 0 Å². The fourth-order valence-corrected chi connectivity index (χ4v) is 4.87. The lowest BCUT2D eigenvalue weighted by Crippen LogP contribution is -2.47. The van der Waals surface area contributed by atoms with Crippen molar-refractivity contribution in [1.82, 2.24) is 4.72 Å². The first kappa shape index (κ1) is 18.7. The molecule has 0 aromatic heterocycles.